The predicted molar refractivity (Wildman–Crippen MR) is 119 cm³/mol. The van der Waals surface area contributed by atoms with Crippen molar-refractivity contribution in [2.45, 2.75) is 6.54 Å². The van der Waals surface area contributed by atoms with Crippen molar-refractivity contribution >= 4 is 23.0 Å². The average Bonchev–Trinajstić information content (AvgIpc) is 3.45. The molecule has 0 aliphatic heterocycles. The van der Waals surface area contributed by atoms with Crippen LogP contribution in [0.1, 0.15) is 15.9 Å². The van der Waals surface area contributed by atoms with Crippen molar-refractivity contribution < 1.29 is 9.21 Å². The van der Waals surface area contributed by atoms with Gasteiger partial charge in [0.25, 0.3) is 5.91 Å². The van der Waals surface area contributed by atoms with Crippen LogP contribution in [0.15, 0.2) is 90.3 Å². The molecule has 152 valence electrons. The molecule has 31 heavy (non-hydrogen) atoms. The Kier molecular flexibility index (Phi) is 4.98. The number of nitrogens with zero attached hydrogens (tertiary/aromatic N) is 3. The topological polar surface area (TPSA) is 72.4 Å². The maximum absolute atomic E-state index is 13.1. The fourth-order valence-electron chi connectivity index (χ4n) is 3.55. The van der Waals surface area contributed by atoms with Gasteiger partial charge in [-0.25, -0.2) is 4.98 Å². The van der Waals surface area contributed by atoms with Crippen LogP contribution in [-0.2, 0) is 6.54 Å². The number of oxazole rings is 1. The molecule has 6 nitrogen and oxygen atoms in total. The molecule has 1 N–H and O–H groups in total. The lowest BCUT2D eigenvalue weighted by atomic mass is 10.1. The van der Waals surface area contributed by atoms with Crippen LogP contribution in [0.5, 0.6) is 0 Å². The van der Waals surface area contributed by atoms with Crippen LogP contribution in [0.2, 0.25) is 5.02 Å². The minimum Gasteiger partial charge on any atom is -0.451 e. The third-order valence-electron chi connectivity index (χ3n) is 5.02. The first-order valence-electron chi connectivity index (χ1n) is 9.66. The Bertz CT molecular complexity index is 1360. The second-order valence-electron chi connectivity index (χ2n) is 7.05. The fourth-order valence-corrected chi connectivity index (χ4v) is 3.74. The van der Waals surface area contributed by atoms with E-state index in [-0.39, 0.29) is 5.91 Å². The average molecular weight is 429 g/mol. The Hall–Kier alpha value is -3.90. The van der Waals surface area contributed by atoms with E-state index in [0.717, 1.165) is 22.2 Å². The lowest BCUT2D eigenvalue weighted by Gasteiger charge is -2.08. The van der Waals surface area contributed by atoms with E-state index < -0.39 is 0 Å². The molecule has 0 saturated carbocycles. The highest BCUT2D eigenvalue weighted by Crippen LogP contribution is 2.30. The molecule has 0 atom stereocenters. The van der Waals surface area contributed by atoms with Gasteiger partial charge in [0.05, 0.1) is 11.3 Å². The summed E-state index contributed by atoms with van der Waals surface area (Å²) in [5, 5.41) is 3.63. The van der Waals surface area contributed by atoms with Gasteiger partial charge in [-0.3, -0.25) is 9.78 Å². The number of pyridine rings is 2. The standard InChI is InChI=1S/C24H17ClN4O2/c25-19-5-1-4-17(9-19)18-6-7-20-10-21(23(29(20)13-18)22-14-31-15-28-22)24(30)27-12-16-3-2-8-26-11-16/h1-11,13-15H,12H2,(H,27,30). The van der Waals surface area contributed by atoms with Gasteiger partial charge in [-0.15, -0.1) is 0 Å². The summed E-state index contributed by atoms with van der Waals surface area (Å²) in [6, 6.07) is 17.2. The van der Waals surface area contributed by atoms with Gasteiger partial charge in [0.2, 0.25) is 0 Å². The van der Waals surface area contributed by atoms with Gasteiger partial charge in [-0.1, -0.05) is 35.9 Å². The van der Waals surface area contributed by atoms with Gasteiger partial charge in [0, 0.05) is 35.7 Å². The number of benzene rings is 1. The van der Waals surface area contributed by atoms with Crippen LogP contribution < -0.4 is 5.32 Å². The minimum absolute atomic E-state index is 0.199. The number of halogens is 1. The molecule has 0 aliphatic carbocycles. The van der Waals surface area contributed by atoms with E-state index >= 15 is 0 Å². The van der Waals surface area contributed by atoms with Crippen LogP contribution in [0.25, 0.3) is 28.0 Å². The molecular formula is C24H17ClN4O2. The molecule has 0 spiro atoms. The summed E-state index contributed by atoms with van der Waals surface area (Å²) in [6.45, 7) is 0.380. The van der Waals surface area contributed by atoms with Gasteiger partial charge in [-0.2, -0.15) is 0 Å². The molecule has 0 radical (unpaired) electrons. The van der Waals surface area contributed by atoms with E-state index in [4.69, 9.17) is 16.0 Å². The highest BCUT2D eigenvalue weighted by atomic mass is 35.5. The molecule has 0 unspecified atom stereocenters. The lowest BCUT2D eigenvalue weighted by Crippen LogP contribution is -2.23. The number of hydrogen-bond acceptors (Lipinski definition) is 4. The molecule has 0 saturated heterocycles. The molecule has 7 heteroatoms. The molecule has 5 aromatic rings. The van der Waals surface area contributed by atoms with Gasteiger partial charge in [-0.05, 0) is 47.0 Å². The van der Waals surface area contributed by atoms with Crippen molar-refractivity contribution in [1.29, 1.82) is 0 Å². The highest BCUT2D eigenvalue weighted by molar-refractivity contribution is 6.30. The SMILES string of the molecule is O=C(NCc1cccnc1)c1cc2ccc(-c3cccc(Cl)c3)cn2c1-c1cocn1. The summed E-state index contributed by atoms with van der Waals surface area (Å²) >= 11 is 6.17. The molecule has 1 aromatic carbocycles. The monoisotopic (exact) mass is 428 g/mol. The maximum Gasteiger partial charge on any atom is 0.253 e. The van der Waals surface area contributed by atoms with Gasteiger partial charge in [0.15, 0.2) is 6.39 Å². The fraction of sp³-hybridized carbons (Fsp3) is 0.0417. The van der Waals surface area contributed by atoms with Crippen molar-refractivity contribution in [2.75, 3.05) is 0 Å². The number of fused-ring (bicyclic) bond motifs is 1. The molecule has 0 aliphatic rings. The molecule has 4 aromatic heterocycles. The highest BCUT2D eigenvalue weighted by Gasteiger charge is 2.20. The second-order valence-corrected chi connectivity index (χ2v) is 7.48. The van der Waals surface area contributed by atoms with Crippen molar-refractivity contribution in [3.05, 3.63) is 102 Å². The van der Waals surface area contributed by atoms with Gasteiger partial charge in [0.1, 0.15) is 12.0 Å². The summed E-state index contributed by atoms with van der Waals surface area (Å²) in [6.07, 6.45) is 8.29. The van der Waals surface area contributed by atoms with Crippen molar-refractivity contribution in [2.24, 2.45) is 0 Å². The Balaban J connectivity index is 1.58. The molecule has 1 amide bonds. The molecule has 0 fully saturated rings. The number of nitrogens with one attached hydrogen (secondary N) is 1. The minimum atomic E-state index is -0.199. The zero-order valence-corrected chi connectivity index (χ0v) is 17.1. The Morgan fingerprint density at radius 2 is 2.03 bits per heavy atom. The van der Waals surface area contributed by atoms with E-state index in [0.29, 0.717) is 28.5 Å². The van der Waals surface area contributed by atoms with E-state index in [1.807, 2.05) is 65.2 Å². The van der Waals surface area contributed by atoms with Crippen LogP contribution in [0.4, 0.5) is 0 Å². The zero-order valence-electron chi connectivity index (χ0n) is 16.3. The number of rotatable bonds is 5. The zero-order chi connectivity index (χ0) is 21.2. The maximum atomic E-state index is 13.1. The quantitative estimate of drug-likeness (QED) is 0.415. The second kappa shape index (κ2) is 8.08. The van der Waals surface area contributed by atoms with Crippen LogP contribution >= 0.6 is 11.6 Å². The first-order valence-corrected chi connectivity index (χ1v) is 10.0. The number of amides is 1. The summed E-state index contributed by atoms with van der Waals surface area (Å²) in [7, 11) is 0. The van der Waals surface area contributed by atoms with E-state index in [9.17, 15) is 4.79 Å². The number of carbonyl (C=O) groups excluding carboxylic acids is 1. The third-order valence-corrected chi connectivity index (χ3v) is 5.26. The number of aromatic nitrogens is 3. The third kappa shape index (κ3) is 3.81. The molecular weight excluding hydrogens is 412 g/mol. The predicted octanol–water partition coefficient (Wildman–Crippen LogP) is 5.24. The van der Waals surface area contributed by atoms with E-state index in [1.54, 1.807) is 12.4 Å². The number of carbonyl (C=O) groups is 1. The Labute approximate surface area is 183 Å². The van der Waals surface area contributed by atoms with E-state index in [2.05, 4.69) is 15.3 Å². The molecule has 5 rings (SSSR count). The van der Waals surface area contributed by atoms with Crippen molar-refractivity contribution in [3.63, 3.8) is 0 Å². The first-order chi connectivity index (χ1) is 15.2. The smallest absolute Gasteiger partial charge is 0.253 e. The molecule has 0 bridgehead atoms. The Morgan fingerprint density at radius 3 is 2.81 bits per heavy atom. The summed E-state index contributed by atoms with van der Waals surface area (Å²) in [5.41, 5.74) is 5.50. The van der Waals surface area contributed by atoms with Gasteiger partial charge >= 0.3 is 0 Å². The molecule has 4 heterocycles. The summed E-state index contributed by atoms with van der Waals surface area (Å²) in [4.78, 5) is 21.5. The normalized spacial score (nSPS) is 11.0. The largest absolute Gasteiger partial charge is 0.451 e. The van der Waals surface area contributed by atoms with E-state index in [1.165, 1.54) is 12.7 Å². The summed E-state index contributed by atoms with van der Waals surface area (Å²) < 4.78 is 7.15. The lowest BCUT2D eigenvalue weighted by molar-refractivity contribution is 0.0951. The van der Waals surface area contributed by atoms with Crippen LogP contribution in [-0.4, -0.2) is 20.3 Å². The van der Waals surface area contributed by atoms with Crippen molar-refractivity contribution in [1.82, 2.24) is 19.7 Å². The van der Waals surface area contributed by atoms with Gasteiger partial charge < -0.3 is 14.1 Å². The first kappa shape index (κ1) is 19.1. The van der Waals surface area contributed by atoms with Crippen LogP contribution in [0, 0.1) is 0 Å². The van der Waals surface area contributed by atoms with Crippen LogP contribution in [0.3, 0.4) is 0 Å². The number of hydrogen-bond donors (Lipinski definition) is 1. The van der Waals surface area contributed by atoms with Crippen molar-refractivity contribution in [3.8, 4) is 22.5 Å². The Morgan fingerprint density at radius 1 is 1.10 bits per heavy atom. The summed E-state index contributed by atoms with van der Waals surface area (Å²) in [5.74, 6) is -0.199.